The number of carboxylic acid groups (broad SMARTS) is 1. The number of rotatable bonds is 4. The van der Waals surface area contributed by atoms with Crippen molar-refractivity contribution in [3.63, 3.8) is 0 Å². The number of phenols is 1. The molecule has 19 heavy (non-hydrogen) atoms. The van der Waals surface area contributed by atoms with Crippen LogP contribution in [0.25, 0.3) is 0 Å². The van der Waals surface area contributed by atoms with Gasteiger partial charge in [-0.05, 0) is 25.0 Å². The fourth-order valence-electron chi connectivity index (χ4n) is 2.03. The number of carbonyl (C=O) groups is 2. The Morgan fingerprint density at radius 3 is 2.84 bits per heavy atom. The normalized spacial score (nSPS) is 18.2. The molecule has 1 unspecified atom stereocenters. The number of aromatic carboxylic acids is 1. The van der Waals surface area contributed by atoms with E-state index in [0.29, 0.717) is 6.61 Å². The molecule has 2 rings (SSSR count). The van der Waals surface area contributed by atoms with Gasteiger partial charge in [0.15, 0.2) is 5.75 Å². The van der Waals surface area contributed by atoms with Crippen LogP contribution in [0, 0.1) is 0 Å². The molecule has 1 atom stereocenters. The smallest absolute Gasteiger partial charge is 0.339 e. The predicted molar refractivity (Wildman–Crippen MR) is 67.3 cm³/mol. The summed E-state index contributed by atoms with van der Waals surface area (Å²) < 4.78 is 5.34. The standard InChI is InChI=1S/C13H15NO5/c15-11(7-8-3-2-6-19-8)14-10-5-1-4-9(12(10)16)13(17)18/h1,4-5,8,16H,2-3,6-7H2,(H,14,15)(H,17,18). The van der Waals surface area contributed by atoms with Crippen LogP contribution in [-0.4, -0.2) is 34.8 Å². The molecule has 0 aliphatic carbocycles. The lowest BCUT2D eigenvalue weighted by Gasteiger charge is -2.11. The van der Waals surface area contributed by atoms with Gasteiger partial charge >= 0.3 is 5.97 Å². The van der Waals surface area contributed by atoms with E-state index in [4.69, 9.17) is 9.84 Å². The van der Waals surface area contributed by atoms with Gasteiger partial charge in [0.05, 0.1) is 18.2 Å². The van der Waals surface area contributed by atoms with E-state index in [1.807, 2.05) is 0 Å². The molecule has 1 saturated heterocycles. The maximum Gasteiger partial charge on any atom is 0.339 e. The summed E-state index contributed by atoms with van der Waals surface area (Å²) in [7, 11) is 0. The SMILES string of the molecule is O=C(CC1CCCO1)Nc1cccc(C(=O)O)c1O. The lowest BCUT2D eigenvalue weighted by atomic mass is 10.1. The third kappa shape index (κ3) is 3.23. The van der Waals surface area contributed by atoms with Crippen LogP contribution in [0.3, 0.4) is 0 Å². The lowest BCUT2D eigenvalue weighted by molar-refractivity contribution is -0.118. The van der Waals surface area contributed by atoms with Gasteiger partial charge in [0.25, 0.3) is 0 Å². The van der Waals surface area contributed by atoms with Crippen LogP contribution in [0.15, 0.2) is 18.2 Å². The van der Waals surface area contributed by atoms with Crippen molar-refractivity contribution in [2.45, 2.75) is 25.4 Å². The molecule has 0 radical (unpaired) electrons. The number of amides is 1. The monoisotopic (exact) mass is 265 g/mol. The Kier molecular flexibility index (Phi) is 4.01. The second kappa shape index (κ2) is 5.71. The first-order valence-corrected chi connectivity index (χ1v) is 6.04. The van der Waals surface area contributed by atoms with Crippen molar-refractivity contribution in [3.8, 4) is 5.75 Å². The molecule has 1 aromatic rings. The van der Waals surface area contributed by atoms with Crippen LogP contribution in [0.1, 0.15) is 29.6 Å². The fourth-order valence-corrected chi connectivity index (χ4v) is 2.03. The summed E-state index contributed by atoms with van der Waals surface area (Å²) in [5.41, 5.74) is -0.141. The summed E-state index contributed by atoms with van der Waals surface area (Å²) in [6.07, 6.45) is 1.90. The first-order valence-electron chi connectivity index (χ1n) is 6.04. The van der Waals surface area contributed by atoms with Crippen molar-refractivity contribution in [3.05, 3.63) is 23.8 Å². The Bertz CT molecular complexity index is 494. The van der Waals surface area contributed by atoms with E-state index in [-0.39, 0.29) is 29.7 Å². The van der Waals surface area contributed by atoms with E-state index < -0.39 is 11.7 Å². The molecular formula is C13H15NO5. The zero-order valence-corrected chi connectivity index (χ0v) is 10.3. The van der Waals surface area contributed by atoms with Crippen molar-refractivity contribution in [2.75, 3.05) is 11.9 Å². The highest BCUT2D eigenvalue weighted by Crippen LogP contribution is 2.28. The number of hydrogen-bond donors (Lipinski definition) is 3. The Morgan fingerprint density at radius 2 is 2.21 bits per heavy atom. The minimum atomic E-state index is -1.24. The van der Waals surface area contributed by atoms with Gasteiger partial charge in [-0.3, -0.25) is 4.79 Å². The number of para-hydroxylation sites is 1. The van der Waals surface area contributed by atoms with Gasteiger partial charge in [-0.2, -0.15) is 0 Å². The number of nitrogens with one attached hydrogen (secondary N) is 1. The average molecular weight is 265 g/mol. The number of aromatic hydroxyl groups is 1. The van der Waals surface area contributed by atoms with E-state index in [0.717, 1.165) is 12.8 Å². The van der Waals surface area contributed by atoms with E-state index in [1.54, 1.807) is 0 Å². The quantitative estimate of drug-likeness (QED) is 0.718. The molecule has 1 heterocycles. The van der Waals surface area contributed by atoms with Crippen LogP contribution in [0.5, 0.6) is 5.75 Å². The minimum Gasteiger partial charge on any atom is -0.505 e. The van der Waals surface area contributed by atoms with E-state index in [1.165, 1.54) is 18.2 Å². The van der Waals surface area contributed by atoms with Gasteiger partial charge in [-0.15, -0.1) is 0 Å². The Labute approximate surface area is 110 Å². The molecule has 1 aliphatic heterocycles. The van der Waals surface area contributed by atoms with Crippen LogP contribution in [0.4, 0.5) is 5.69 Å². The molecule has 1 aliphatic rings. The molecular weight excluding hydrogens is 250 g/mol. The second-order valence-electron chi connectivity index (χ2n) is 4.39. The van der Waals surface area contributed by atoms with Crippen LogP contribution in [0.2, 0.25) is 0 Å². The Balaban J connectivity index is 2.04. The van der Waals surface area contributed by atoms with Gasteiger partial charge in [0.1, 0.15) is 5.56 Å². The van der Waals surface area contributed by atoms with Crippen LogP contribution >= 0.6 is 0 Å². The van der Waals surface area contributed by atoms with Crippen LogP contribution in [-0.2, 0) is 9.53 Å². The highest BCUT2D eigenvalue weighted by molar-refractivity contribution is 5.97. The Hall–Kier alpha value is -2.08. The maximum absolute atomic E-state index is 11.8. The number of carbonyl (C=O) groups excluding carboxylic acids is 1. The molecule has 3 N–H and O–H groups in total. The highest BCUT2D eigenvalue weighted by Gasteiger charge is 2.20. The summed E-state index contributed by atoms with van der Waals surface area (Å²) in [5.74, 6) is -1.98. The Morgan fingerprint density at radius 1 is 1.42 bits per heavy atom. The number of anilines is 1. The number of carboxylic acids is 1. The zero-order valence-electron chi connectivity index (χ0n) is 10.3. The van der Waals surface area contributed by atoms with Crippen molar-refractivity contribution in [1.82, 2.24) is 0 Å². The van der Waals surface area contributed by atoms with E-state index >= 15 is 0 Å². The van der Waals surface area contributed by atoms with Crippen LogP contribution < -0.4 is 5.32 Å². The predicted octanol–water partition coefficient (Wildman–Crippen LogP) is 1.60. The van der Waals surface area contributed by atoms with Crippen molar-refractivity contribution >= 4 is 17.6 Å². The molecule has 0 saturated carbocycles. The first kappa shape index (κ1) is 13.4. The average Bonchev–Trinajstić information content (AvgIpc) is 2.84. The van der Waals surface area contributed by atoms with Gasteiger partial charge < -0.3 is 20.3 Å². The van der Waals surface area contributed by atoms with E-state index in [2.05, 4.69) is 5.32 Å². The molecule has 6 nitrogen and oxygen atoms in total. The first-order chi connectivity index (χ1) is 9.08. The molecule has 0 aromatic heterocycles. The molecule has 1 fully saturated rings. The lowest BCUT2D eigenvalue weighted by Crippen LogP contribution is -2.19. The van der Waals surface area contributed by atoms with Gasteiger partial charge in [-0.1, -0.05) is 6.07 Å². The third-order valence-corrected chi connectivity index (χ3v) is 2.98. The van der Waals surface area contributed by atoms with Crippen molar-refractivity contribution in [1.29, 1.82) is 0 Å². The van der Waals surface area contributed by atoms with Crippen molar-refractivity contribution < 1.29 is 24.5 Å². The summed E-state index contributed by atoms with van der Waals surface area (Å²) in [5, 5.41) is 21.1. The van der Waals surface area contributed by atoms with Gasteiger partial charge in [0.2, 0.25) is 5.91 Å². The second-order valence-corrected chi connectivity index (χ2v) is 4.39. The summed E-state index contributed by atoms with van der Waals surface area (Å²) in [4.78, 5) is 22.6. The van der Waals surface area contributed by atoms with Gasteiger partial charge in [-0.25, -0.2) is 4.79 Å². The maximum atomic E-state index is 11.8. The molecule has 6 heteroatoms. The summed E-state index contributed by atoms with van der Waals surface area (Å²) in [6.45, 7) is 0.664. The topological polar surface area (TPSA) is 95.9 Å². The largest absolute Gasteiger partial charge is 0.505 e. The summed E-state index contributed by atoms with van der Waals surface area (Å²) >= 11 is 0. The minimum absolute atomic E-state index is 0.0928. The molecule has 1 aromatic carbocycles. The molecule has 102 valence electrons. The van der Waals surface area contributed by atoms with Gasteiger partial charge in [0, 0.05) is 6.61 Å². The highest BCUT2D eigenvalue weighted by atomic mass is 16.5. The zero-order chi connectivity index (χ0) is 13.8. The molecule has 1 amide bonds. The molecule has 0 spiro atoms. The number of hydrogen-bond acceptors (Lipinski definition) is 4. The number of benzene rings is 1. The van der Waals surface area contributed by atoms with Crippen molar-refractivity contribution in [2.24, 2.45) is 0 Å². The summed E-state index contributed by atoms with van der Waals surface area (Å²) in [6, 6.07) is 4.19. The van der Waals surface area contributed by atoms with E-state index in [9.17, 15) is 14.7 Å². The molecule has 0 bridgehead atoms. The fraction of sp³-hybridized carbons (Fsp3) is 0.385. The third-order valence-electron chi connectivity index (χ3n) is 2.98. The number of ether oxygens (including phenoxy) is 1.